The zero-order valence-corrected chi connectivity index (χ0v) is 8.70. The number of halogens is 3. The molecule has 0 unspecified atom stereocenters. The van der Waals surface area contributed by atoms with E-state index in [9.17, 15) is 9.18 Å². The van der Waals surface area contributed by atoms with Crippen molar-refractivity contribution < 1.29 is 9.18 Å². The summed E-state index contributed by atoms with van der Waals surface area (Å²) in [5, 5.41) is 2.48. The molecule has 0 spiro atoms. The first-order chi connectivity index (χ1) is 6.65. The summed E-state index contributed by atoms with van der Waals surface area (Å²) in [7, 11) is 0. The minimum atomic E-state index is -0.541. The topological polar surface area (TPSA) is 29.1 Å². The van der Waals surface area contributed by atoms with Gasteiger partial charge in [0, 0.05) is 18.0 Å². The van der Waals surface area contributed by atoms with E-state index < -0.39 is 5.82 Å². The number of rotatable bonds is 3. The zero-order chi connectivity index (χ0) is 10.6. The number of carbonyl (C=O) groups is 1. The molecule has 1 N–H and O–H groups in total. The second-order valence-electron chi connectivity index (χ2n) is 2.57. The predicted octanol–water partition coefficient (Wildman–Crippen LogP) is 2.45. The fourth-order valence-corrected chi connectivity index (χ4v) is 1.18. The lowest BCUT2D eigenvalue weighted by molar-refractivity contribution is 0.0956. The molecule has 1 amide bonds. The van der Waals surface area contributed by atoms with Crippen molar-refractivity contribution in [1.29, 1.82) is 0 Å². The first kappa shape index (κ1) is 11.3. The van der Waals surface area contributed by atoms with E-state index in [-0.39, 0.29) is 10.9 Å². The minimum absolute atomic E-state index is 0.0662. The summed E-state index contributed by atoms with van der Waals surface area (Å²) in [6, 6.07) is 3.79. The van der Waals surface area contributed by atoms with E-state index >= 15 is 0 Å². The Labute approximate surface area is 91.0 Å². The second kappa shape index (κ2) is 5.17. The molecule has 1 rings (SSSR count). The van der Waals surface area contributed by atoms with Crippen molar-refractivity contribution in [2.45, 2.75) is 0 Å². The van der Waals surface area contributed by atoms with E-state index in [1.807, 2.05) is 0 Å². The van der Waals surface area contributed by atoms with Crippen LogP contribution in [-0.4, -0.2) is 18.3 Å². The normalized spacial score (nSPS) is 9.93. The third-order valence-corrected chi connectivity index (χ3v) is 2.04. The average Bonchev–Trinajstić information content (AvgIpc) is 2.18. The quantitative estimate of drug-likeness (QED) is 0.802. The Balaban J connectivity index is 2.76. The lowest BCUT2D eigenvalue weighted by Gasteiger charge is -2.03. The van der Waals surface area contributed by atoms with Gasteiger partial charge < -0.3 is 5.32 Å². The molecule has 76 valence electrons. The summed E-state index contributed by atoms with van der Waals surface area (Å²) in [4.78, 5) is 11.3. The smallest absolute Gasteiger partial charge is 0.251 e. The Morgan fingerprint density at radius 3 is 2.79 bits per heavy atom. The summed E-state index contributed by atoms with van der Waals surface area (Å²) >= 11 is 10.9. The lowest BCUT2D eigenvalue weighted by atomic mass is 10.2. The van der Waals surface area contributed by atoms with Crippen LogP contribution in [0.4, 0.5) is 4.39 Å². The van der Waals surface area contributed by atoms with Crippen LogP contribution in [0, 0.1) is 5.82 Å². The van der Waals surface area contributed by atoms with Crippen LogP contribution in [0.3, 0.4) is 0 Å². The molecule has 2 nitrogen and oxygen atoms in total. The Hall–Kier alpha value is -0.800. The van der Waals surface area contributed by atoms with E-state index in [1.165, 1.54) is 12.1 Å². The van der Waals surface area contributed by atoms with Gasteiger partial charge in [-0.2, -0.15) is 0 Å². The molecule has 0 saturated carbocycles. The summed E-state index contributed by atoms with van der Waals surface area (Å²) in [6.07, 6.45) is 0. The van der Waals surface area contributed by atoms with Crippen LogP contribution < -0.4 is 5.32 Å². The van der Waals surface area contributed by atoms with Gasteiger partial charge in [0.2, 0.25) is 0 Å². The van der Waals surface area contributed by atoms with Crippen molar-refractivity contribution in [1.82, 2.24) is 5.32 Å². The van der Waals surface area contributed by atoms with Gasteiger partial charge in [-0.3, -0.25) is 4.79 Å². The van der Waals surface area contributed by atoms with Crippen LogP contribution in [0.2, 0.25) is 5.02 Å². The molecule has 0 aliphatic carbocycles. The van der Waals surface area contributed by atoms with Crippen LogP contribution in [0.1, 0.15) is 10.4 Å². The number of benzene rings is 1. The minimum Gasteiger partial charge on any atom is -0.351 e. The van der Waals surface area contributed by atoms with Gasteiger partial charge in [-0.15, -0.1) is 11.6 Å². The van der Waals surface area contributed by atoms with Crippen molar-refractivity contribution in [2.24, 2.45) is 0 Å². The third-order valence-electron chi connectivity index (χ3n) is 1.56. The molecule has 0 saturated heterocycles. The molecule has 0 bridgehead atoms. The first-order valence-corrected chi connectivity index (χ1v) is 4.85. The summed E-state index contributed by atoms with van der Waals surface area (Å²) in [6.45, 7) is 0.370. The number of hydrogen-bond acceptors (Lipinski definition) is 1. The van der Waals surface area contributed by atoms with E-state index in [0.717, 1.165) is 6.07 Å². The molecule has 0 fully saturated rings. The van der Waals surface area contributed by atoms with Crippen molar-refractivity contribution >= 4 is 29.1 Å². The molecule has 0 heterocycles. The van der Waals surface area contributed by atoms with Crippen LogP contribution in [0.15, 0.2) is 18.2 Å². The Bertz CT molecular complexity index is 344. The second-order valence-corrected chi connectivity index (χ2v) is 3.36. The lowest BCUT2D eigenvalue weighted by Crippen LogP contribution is -2.25. The molecule has 5 heteroatoms. The number of alkyl halides is 1. The largest absolute Gasteiger partial charge is 0.351 e. The first-order valence-electron chi connectivity index (χ1n) is 3.94. The molecule has 1 aromatic rings. The molecule has 0 atom stereocenters. The van der Waals surface area contributed by atoms with Gasteiger partial charge in [0.1, 0.15) is 5.82 Å². The van der Waals surface area contributed by atoms with E-state index in [1.54, 1.807) is 0 Å². The Morgan fingerprint density at radius 2 is 2.21 bits per heavy atom. The van der Waals surface area contributed by atoms with Gasteiger partial charge in [0.05, 0.1) is 5.02 Å². The monoisotopic (exact) mass is 235 g/mol. The molecule has 0 aromatic heterocycles. The molecular weight excluding hydrogens is 228 g/mol. The Morgan fingerprint density at radius 1 is 1.50 bits per heavy atom. The van der Waals surface area contributed by atoms with Gasteiger partial charge in [0.25, 0.3) is 5.91 Å². The van der Waals surface area contributed by atoms with Crippen LogP contribution >= 0.6 is 23.2 Å². The van der Waals surface area contributed by atoms with Gasteiger partial charge in [-0.1, -0.05) is 11.6 Å². The van der Waals surface area contributed by atoms with Crippen molar-refractivity contribution in [3.05, 3.63) is 34.6 Å². The molecule has 0 aliphatic rings. The molecule has 1 aromatic carbocycles. The maximum Gasteiger partial charge on any atom is 0.251 e. The number of hydrogen-bond donors (Lipinski definition) is 1. The fourth-order valence-electron chi connectivity index (χ4n) is 0.900. The van der Waals surface area contributed by atoms with Gasteiger partial charge in [-0.25, -0.2) is 4.39 Å². The fraction of sp³-hybridized carbons (Fsp3) is 0.222. The highest BCUT2D eigenvalue weighted by molar-refractivity contribution is 6.31. The third kappa shape index (κ3) is 2.86. The van der Waals surface area contributed by atoms with Gasteiger partial charge in [0.15, 0.2) is 0 Å². The zero-order valence-electron chi connectivity index (χ0n) is 7.19. The summed E-state index contributed by atoms with van der Waals surface area (Å²) in [5.74, 6) is -0.520. The van der Waals surface area contributed by atoms with Crippen LogP contribution in [-0.2, 0) is 0 Å². The van der Waals surface area contributed by atoms with Gasteiger partial charge in [-0.05, 0) is 18.2 Å². The summed E-state index contributed by atoms with van der Waals surface area (Å²) < 4.78 is 12.7. The maximum absolute atomic E-state index is 12.7. The van der Waals surface area contributed by atoms with Crippen molar-refractivity contribution in [2.75, 3.05) is 12.4 Å². The highest BCUT2D eigenvalue weighted by atomic mass is 35.5. The predicted molar refractivity (Wildman–Crippen MR) is 54.5 cm³/mol. The molecule has 0 aliphatic heterocycles. The highest BCUT2D eigenvalue weighted by Crippen LogP contribution is 2.15. The standard InChI is InChI=1S/C9H8Cl2FNO/c10-3-4-13-9(14)6-1-2-8(12)7(11)5-6/h1-2,5H,3-4H2,(H,13,14). The maximum atomic E-state index is 12.7. The SMILES string of the molecule is O=C(NCCCl)c1ccc(F)c(Cl)c1. The molecule has 0 radical (unpaired) electrons. The number of carbonyl (C=O) groups excluding carboxylic acids is 1. The highest BCUT2D eigenvalue weighted by Gasteiger charge is 2.07. The summed E-state index contributed by atoms with van der Waals surface area (Å²) in [5.41, 5.74) is 0.321. The molecular formula is C9H8Cl2FNO. The van der Waals surface area contributed by atoms with E-state index in [0.29, 0.717) is 18.0 Å². The van der Waals surface area contributed by atoms with Crippen molar-refractivity contribution in [3.8, 4) is 0 Å². The van der Waals surface area contributed by atoms with Crippen LogP contribution in [0.5, 0.6) is 0 Å². The van der Waals surface area contributed by atoms with Crippen molar-refractivity contribution in [3.63, 3.8) is 0 Å². The number of amides is 1. The van der Waals surface area contributed by atoms with E-state index in [2.05, 4.69) is 5.32 Å². The van der Waals surface area contributed by atoms with E-state index in [4.69, 9.17) is 23.2 Å². The van der Waals surface area contributed by atoms with Gasteiger partial charge >= 0.3 is 0 Å². The Kier molecular flexibility index (Phi) is 4.17. The van der Waals surface area contributed by atoms with Crippen LogP contribution in [0.25, 0.3) is 0 Å². The average molecular weight is 236 g/mol. The number of nitrogens with one attached hydrogen (secondary N) is 1. The molecule has 14 heavy (non-hydrogen) atoms.